The molecule has 0 radical (unpaired) electrons. The van der Waals surface area contributed by atoms with Crippen LogP contribution in [0, 0.1) is 6.92 Å². The largest absolute Gasteiger partial charge is 0.496 e. The Balaban J connectivity index is 1.48. The second-order valence-electron chi connectivity index (χ2n) is 9.77. The first-order valence-electron chi connectivity index (χ1n) is 12.5. The van der Waals surface area contributed by atoms with Crippen LogP contribution in [0.4, 0.5) is 16.2 Å². The van der Waals surface area contributed by atoms with Gasteiger partial charge in [-0.3, -0.25) is 0 Å². The third-order valence-corrected chi connectivity index (χ3v) is 6.58. The highest BCUT2D eigenvalue weighted by atomic mass is 16.5. The second-order valence-corrected chi connectivity index (χ2v) is 9.77. The number of anilines is 2. The number of nitrogens with zero attached hydrogens (tertiary/aromatic N) is 1. The lowest BCUT2D eigenvalue weighted by molar-refractivity contribution is 0.113. The van der Waals surface area contributed by atoms with E-state index in [2.05, 4.69) is 28.7 Å². The number of urea groups is 1. The number of benzene rings is 2. The average molecular weight is 506 g/mol. The molecule has 0 bridgehead atoms. The summed E-state index contributed by atoms with van der Waals surface area (Å²) in [5.41, 5.74) is 3.39. The van der Waals surface area contributed by atoms with Crippen molar-refractivity contribution in [3.05, 3.63) is 69.6 Å². The van der Waals surface area contributed by atoms with Crippen LogP contribution in [-0.2, 0) is 6.42 Å². The number of fused-ring (bicyclic) bond motifs is 1. The van der Waals surface area contributed by atoms with Gasteiger partial charge in [0.2, 0.25) is 0 Å². The van der Waals surface area contributed by atoms with Crippen LogP contribution in [0.25, 0.3) is 11.0 Å². The molecule has 0 unspecified atom stereocenters. The molecule has 8 heteroatoms. The van der Waals surface area contributed by atoms with Gasteiger partial charge in [-0.05, 0) is 89.0 Å². The summed E-state index contributed by atoms with van der Waals surface area (Å²) in [7, 11) is 3.73. The number of amides is 2. The van der Waals surface area contributed by atoms with Gasteiger partial charge in [-0.2, -0.15) is 0 Å². The van der Waals surface area contributed by atoms with Crippen LogP contribution in [0.1, 0.15) is 37.8 Å². The Bertz CT molecular complexity index is 1370. The SMILES string of the molecule is COc1ccc(NC(=O)Nc2cc3ccc(OC4CCN(C)CC4)c(C)c3oc2=O)cc1CC=C(C)C. The van der Waals surface area contributed by atoms with E-state index in [0.29, 0.717) is 28.8 Å². The van der Waals surface area contributed by atoms with Crippen molar-refractivity contribution in [2.24, 2.45) is 0 Å². The molecular weight excluding hydrogens is 470 g/mol. The maximum absolute atomic E-state index is 12.7. The van der Waals surface area contributed by atoms with E-state index in [1.165, 1.54) is 5.57 Å². The quantitative estimate of drug-likeness (QED) is 0.314. The van der Waals surface area contributed by atoms with Gasteiger partial charge < -0.3 is 29.4 Å². The van der Waals surface area contributed by atoms with Gasteiger partial charge in [0, 0.05) is 29.7 Å². The van der Waals surface area contributed by atoms with Crippen LogP contribution in [0.5, 0.6) is 11.5 Å². The molecule has 1 aliphatic rings. The molecule has 2 N–H and O–H groups in total. The number of carbonyl (C=O) groups is 1. The Morgan fingerprint density at radius 1 is 1.11 bits per heavy atom. The van der Waals surface area contributed by atoms with Crippen molar-refractivity contribution < 1.29 is 18.7 Å². The summed E-state index contributed by atoms with van der Waals surface area (Å²) in [5, 5.41) is 6.11. The number of aryl methyl sites for hydroxylation is 1. The Labute approximate surface area is 217 Å². The smallest absolute Gasteiger partial charge is 0.360 e. The fourth-order valence-electron chi connectivity index (χ4n) is 4.42. The van der Waals surface area contributed by atoms with Gasteiger partial charge >= 0.3 is 11.7 Å². The Hall–Kier alpha value is -3.78. The highest BCUT2D eigenvalue weighted by Gasteiger charge is 2.20. The van der Waals surface area contributed by atoms with Crippen molar-refractivity contribution >= 4 is 28.4 Å². The molecule has 8 nitrogen and oxygen atoms in total. The van der Waals surface area contributed by atoms with E-state index >= 15 is 0 Å². The first-order valence-corrected chi connectivity index (χ1v) is 12.5. The van der Waals surface area contributed by atoms with Crippen LogP contribution in [-0.4, -0.2) is 44.3 Å². The fourth-order valence-corrected chi connectivity index (χ4v) is 4.42. The number of likely N-dealkylation sites (tertiary alicyclic amines) is 1. The Kier molecular flexibility index (Phi) is 8.18. The van der Waals surface area contributed by atoms with Gasteiger partial charge in [0.1, 0.15) is 28.9 Å². The molecule has 2 aromatic carbocycles. The van der Waals surface area contributed by atoms with Gasteiger partial charge in [-0.1, -0.05) is 11.6 Å². The first-order chi connectivity index (χ1) is 17.7. The molecule has 2 amide bonds. The molecule has 3 aromatic rings. The van der Waals surface area contributed by atoms with E-state index in [4.69, 9.17) is 13.9 Å². The van der Waals surface area contributed by atoms with E-state index < -0.39 is 11.7 Å². The van der Waals surface area contributed by atoms with E-state index in [-0.39, 0.29) is 11.8 Å². The van der Waals surface area contributed by atoms with Crippen LogP contribution >= 0.6 is 0 Å². The zero-order valence-electron chi connectivity index (χ0n) is 22.1. The predicted octanol–water partition coefficient (Wildman–Crippen LogP) is 5.74. The van der Waals surface area contributed by atoms with Crippen LogP contribution < -0.4 is 25.7 Å². The first kappa shape index (κ1) is 26.3. The number of hydrogen-bond acceptors (Lipinski definition) is 6. The van der Waals surface area contributed by atoms with E-state index in [1.807, 2.05) is 45.0 Å². The van der Waals surface area contributed by atoms with E-state index in [1.54, 1.807) is 19.2 Å². The Morgan fingerprint density at radius 2 is 1.84 bits per heavy atom. The van der Waals surface area contributed by atoms with Gasteiger partial charge in [-0.15, -0.1) is 0 Å². The molecule has 1 fully saturated rings. The van der Waals surface area contributed by atoms with E-state index in [9.17, 15) is 9.59 Å². The molecule has 0 atom stereocenters. The third kappa shape index (κ3) is 6.51. The fraction of sp³-hybridized carbons (Fsp3) is 0.379. The number of ether oxygens (including phenoxy) is 2. The maximum Gasteiger partial charge on any atom is 0.360 e. The topological polar surface area (TPSA) is 93.0 Å². The standard InChI is InChI=1S/C29H35N3O5/c1-18(2)6-7-20-16-22(9-11-26(20)35-5)30-29(34)31-24-17-21-8-10-25(19(3)27(21)37-28(24)33)36-23-12-14-32(4)15-13-23/h6,8-11,16-17,23H,7,12-15H2,1-5H3,(H2,30,31,34). The summed E-state index contributed by atoms with van der Waals surface area (Å²) in [6.07, 6.45) is 4.83. The summed E-state index contributed by atoms with van der Waals surface area (Å²) in [4.78, 5) is 27.7. The molecule has 0 aliphatic carbocycles. The van der Waals surface area contributed by atoms with Crippen molar-refractivity contribution in [2.75, 3.05) is 37.9 Å². The third-order valence-electron chi connectivity index (χ3n) is 6.58. The Morgan fingerprint density at radius 3 is 2.54 bits per heavy atom. The minimum Gasteiger partial charge on any atom is -0.496 e. The normalized spacial score (nSPS) is 14.3. The number of rotatable bonds is 7. The highest BCUT2D eigenvalue weighted by Crippen LogP contribution is 2.30. The van der Waals surface area contributed by atoms with Crippen molar-refractivity contribution in [1.82, 2.24) is 4.90 Å². The molecule has 0 spiro atoms. The van der Waals surface area contributed by atoms with Gasteiger partial charge in [0.15, 0.2) is 0 Å². The predicted molar refractivity (Wildman–Crippen MR) is 147 cm³/mol. The highest BCUT2D eigenvalue weighted by molar-refractivity contribution is 6.00. The molecule has 4 rings (SSSR count). The zero-order valence-corrected chi connectivity index (χ0v) is 22.1. The molecule has 2 heterocycles. The second kappa shape index (κ2) is 11.5. The lowest BCUT2D eigenvalue weighted by atomic mass is 10.1. The number of hydrogen-bond donors (Lipinski definition) is 2. The molecular formula is C29H35N3O5. The van der Waals surface area contributed by atoms with E-state index in [0.717, 1.165) is 42.8 Å². The number of carbonyl (C=O) groups excluding carboxylic acids is 1. The summed E-state index contributed by atoms with van der Waals surface area (Å²) in [5.74, 6) is 1.46. The lowest BCUT2D eigenvalue weighted by Crippen LogP contribution is -2.35. The lowest BCUT2D eigenvalue weighted by Gasteiger charge is -2.29. The average Bonchev–Trinajstić information content (AvgIpc) is 2.87. The van der Waals surface area contributed by atoms with Gasteiger partial charge in [0.05, 0.1) is 7.11 Å². The monoisotopic (exact) mass is 505 g/mol. The number of piperidine rings is 1. The molecule has 0 saturated carbocycles. The van der Waals surface area contributed by atoms with Crippen LogP contribution in [0.3, 0.4) is 0 Å². The van der Waals surface area contributed by atoms with Crippen LogP contribution in [0.2, 0.25) is 0 Å². The summed E-state index contributed by atoms with van der Waals surface area (Å²) < 4.78 is 17.3. The minimum absolute atomic E-state index is 0.0617. The van der Waals surface area contributed by atoms with Crippen LogP contribution in [0.15, 0.2) is 57.3 Å². The summed E-state index contributed by atoms with van der Waals surface area (Å²) >= 11 is 0. The molecule has 1 aromatic heterocycles. The van der Waals surface area contributed by atoms with Crippen molar-refractivity contribution in [2.45, 2.75) is 46.1 Å². The molecule has 1 saturated heterocycles. The molecule has 1 aliphatic heterocycles. The molecule has 196 valence electrons. The minimum atomic E-state index is -0.624. The van der Waals surface area contributed by atoms with Gasteiger partial charge in [-0.25, -0.2) is 9.59 Å². The van der Waals surface area contributed by atoms with Crippen molar-refractivity contribution in [1.29, 1.82) is 0 Å². The maximum atomic E-state index is 12.7. The number of allylic oxidation sites excluding steroid dienone is 2. The summed E-state index contributed by atoms with van der Waals surface area (Å²) in [6, 6.07) is 10.2. The van der Waals surface area contributed by atoms with Gasteiger partial charge in [0.25, 0.3) is 0 Å². The number of nitrogens with one attached hydrogen (secondary N) is 2. The van der Waals surface area contributed by atoms with Crippen molar-refractivity contribution in [3.8, 4) is 11.5 Å². The van der Waals surface area contributed by atoms with Crippen molar-refractivity contribution in [3.63, 3.8) is 0 Å². The number of methoxy groups -OCH3 is 1. The summed E-state index contributed by atoms with van der Waals surface area (Å²) in [6.45, 7) is 7.93. The molecule has 37 heavy (non-hydrogen) atoms. The zero-order chi connectivity index (χ0) is 26.5.